The van der Waals surface area contributed by atoms with E-state index >= 15 is 0 Å². The van der Waals surface area contributed by atoms with E-state index in [4.69, 9.17) is 5.73 Å². The van der Waals surface area contributed by atoms with Crippen molar-refractivity contribution in [2.24, 2.45) is 5.73 Å². The topological polar surface area (TPSA) is 67.0 Å². The number of piperidine rings is 1. The highest BCUT2D eigenvalue weighted by Crippen LogP contribution is 2.43. The third-order valence-electron chi connectivity index (χ3n) is 7.89. The molecule has 1 aliphatic carbocycles. The zero-order chi connectivity index (χ0) is 22.0. The summed E-state index contributed by atoms with van der Waals surface area (Å²) in [6, 6.07) is 17.7. The van der Waals surface area contributed by atoms with Crippen LogP contribution in [0.4, 0.5) is 0 Å². The maximum absolute atomic E-state index is 12.9. The largest absolute Gasteiger partial charge is 0.330 e. The van der Waals surface area contributed by atoms with Crippen molar-refractivity contribution in [1.29, 1.82) is 0 Å². The molecular weight excluding hydrogens is 467 g/mol. The van der Waals surface area contributed by atoms with Crippen molar-refractivity contribution < 1.29 is 0 Å². The molecule has 7 heteroatoms. The number of likely N-dealkylation sites (tertiary alicyclic amines) is 1. The monoisotopic (exact) mass is 504 g/mol. The molecule has 1 saturated carbocycles. The summed E-state index contributed by atoms with van der Waals surface area (Å²) in [5, 5.41) is 0. The van der Waals surface area contributed by atoms with Crippen molar-refractivity contribution >= 4 is 35.8 Å². The smallest absolute Gasteiger partial charge is 0.326 e. The highest BCUT2D eigenvalue weighted by molar-refractivity contribution is 5.85. The quantitative estimate of drug-likeness (QED) is 0.446. The third kappa shape index (κ3) is 5.08. The highest BCUT2D eigenvalue weighted by Gasteiger charge is 2.40. The van der Waals surface area contributed by atoms with E-state index in [0.29, 0.717) is 6.54 Å². The van der Waals surface area contributed by atoms with Crippen molar-refractivity contribution in [1.82, 2.24) is 14.5 Å². The predicted octanol–water partition coefficient (Wildman–Crippen LogP) is 5.56. The number of nitrogens with one attached hydrogen (secondary N) is 1. The number of rotatable bonds is 5. The standard InChI is InChI=1S/C27H36N4O.2ClH/c28-17-12-21-10-11-25-24(20-21)29-26(32)31(25)23-13-18-30(19-14-23)27(15-6-1-2-7-16-27)22-8-4-3-5-9-22;;/h3-5,8-11,20,23H,1-2,6-7,12-19,28H2,(H,29,32);2*1H. The molecule has 0 unspecified atom stereocenters. The van der Waals surface area contributed by atoms with Crippen LogP contribution in [0, 0.1) is 0 Å². The molecule has 2 fully saturated rings. The van der Waals surface area contributed by atoms with Gasteiger partial charge in [-0.05, 0) is 61.9 Å². The van der Waals surface area contributed by atoms with E-state index in [-0.39, 0.29) is 42.1 Å². The number of hydrogen-bond acceptors (Lipinski definition) is 3. The SMILES string of the molecule is Cl.Cl.NCCc1ccc2c(c1)[nH]c(=O)n2C1CCN(C2(c3ccccc3)CCCCCC2)CC1. The lowest BCUT2D eigenvalue weighted by Gasteiger charge is -2.47. The summed E-state index contributed by atoms with van der Waals surface area (Å²) in [6.45, 7) is 2.71. The summed E-state index contributed by atoms with van der Waals surface area (Å²) >= 11 is 0. The Kier molecular flexibility index (Phi) is 9.27. The van der Waals surface area contributed by atoms with Gasteiger partial charge in [0.2, 0.25) is 0 Å². The van der Waals surface area contributed by atoms with Crippen LogP contribution in [-0.4, -0.2) is 34.1 Å². The van der Waals surface area contributed by atoms with Crippen molar-refractivity contribution in [3.63, 3.8) is 0 Å². The number of imidazole rings is 1. The molecule has 1 aliphatic heterocycles. The van der Waals surface area contributed by atoms with Crippen molar-refractivity contribution in [3.8, 4) is 0 Å². The molecule has 0 amide bonds. The zero-order valence-electron chi connectivity index (χ0n) is 19.9. The van der Waals surface area contributed by atoms with E-state index in [9.17, 15) is 4.79 Å². The third-order valence-corrected chi connectivity index (χ3v) is 7.89. The maximum Gasteiger partial charge on any atom is 0.326 e. The zero-order valence-corrected chi connectivity index (χ0v) is 21.5. The molecule has 2 aromatic carbocycles. The predicted molar refractivity (Wildman–Crippen MR) is 145 cm³/mol. The summed E-state index contributed by atoms with van der Waals surface area (Å²) in [4.78, 5) is 18.7. The van der Waals surface area contributed by atoms with Gasteiger partial charge < -0.3 is 10.7 Å². The van der Waals surface area contributed by atoms with E-state index in [2.05, 4.69) is 58.4 Å². The molecule has 2 heterocycles. The number of fused-ring (bicyclic) bond motifs is 1. The minimum atomic E-state index is 0. The van der Waals surface area contributed by atoms with E-state index in [1.165, 1.54) is 49.7 Å². The lowest BCUT2D eigenvalue weighted by atomic mass is 9.79. The van der Waals surface area contributed by atoms with Gasteiger partial charge in [0.15, 0.2) is 0 Å². The molecule has 3 aromatic rings. The van der Waals surface area contributed by atoms with Crippen LogP contribution >= 0.6 is 24.8 Å². The van der Waals surface area contributed by atoms with E-state index < -0.39 is 0 Å². The normalized spacial score (nSPS) is 19.2. The molecule has 1 saturated heterocycles. The second kappa shape index (κ2) is 11.8. The molecule has 0 bridgehead atoms. The Morgan fingerprint density at radius 1 is 0.941 bits per heavy atom. The van der Waals surface area contributed by atoms with Gasteiger partial charge in [-0.25, -0.2) is 4.79 Å². The molecule has 3 N–H and O–H groups in total. The lowest BCUT2D eigenvalue weighted by molar-refractivity contribution is 0.0356. The van der Waals surface area contributed by atoms with E-state index in [1.54, 1.807) is 0 Å². The summed E-state index contributed by atoms with van der Waals surface area (Å²) in [7, 11) is 0. The van der Waals surface area contributed by atoms with Gasteiger partial charge >= 0.3 is 5.69 Å². The molecular formula is C27H38Cl2N4O. The van der Waals surface area contributed by atoms with Crippen molar-refractivity contribution in [2.45, 2.75) is 69.4 Å². The lowest BCUT2D eigenvalue weighted by Crippen LogP contribution is -2.50. The molecule has 0 spiro atoms. The molecule has 5 nitrogen and oxygen atoms in total. The van der Waals surface area contributed by atoms with Gasteiger partial charge in [-0.2, -0.15) is 0 Å². The van der Waals surface area contributed by atoms with Crippen LogP contribution in [0.5, 0.6) is 0 Å². The first kappa shape index (κ1) is 26.8. The molecule has 0 radical (unpaired) electrons. The molecule has 5 rings (SSSR count). The van der Waals surface area contributed by atoms with Gasteiger partial charge in [-0.3, -0.25) is 9.47 Å². The van der Waals surface area contributed by atoms with Crippen LogP contribution in [-0.2, 0) is 12.0 Å². The fourth-order valence-electron chi connectivity index (χ4n) is 6.26. The summed E-state index contributed by atoms with van der Waals surface area (Å²) in [5.41, 5.74) is 10.5. The summed E-state index contributed by atoms with van der Waals surface area (Å²) < 4.78 is 2.02. The highest BCUT2D eigenvalue weighted by atomic mass is 35.5. The Morgan fingerprint density at radius 2 is 1.62 bits per heavy atom. The second-order valence-corrected chi connectivity index (χ2v) is 9.72. The van der Waals surface area contributed by atoms with Gasteiger partial charge in [-0.15, -0.1) is 24.8 Å². The minimum absolute atomic E-state index is 0. The van der Waals surface area contributed by atoms with Gasteiger partial charge in [-0.1, -0.05) is 62.1 Å². The average Bonchev–Trinajstić information content (AvgIpc) is 2.98. The van der Waals surface area contributed by atoms with Crippen LogP contribution < -0.4 is 11.4 Å². The average molecular weight is 506 g/mol. The number of hydrogen-bond donors (Lipinski definition) is 2. The number of H-pyrrole nitrogens is 1. The second-order valence-electron chi connectivity index (χ2n) is 9.72. The van der Waals surface area contributed by atoms with Crippen LogP contribution in [0.25, 0.3) is 11.0 Å². The van der Waals surface area contributed by atoms with Gasteiger partial charge in [0, 0.05) is 24.7 Å². The number of aromatic amines is 1. The maximum atomic E-state index is 12.9. The number of halogens is 2. The Labute approximate surface area is 214 Å². The van der Waals surface area contributed by atoms with Gasteiger partial charge in [0.1, 0.15) is 0 Å². The number of nitrogens with zero attached hydrogens (tertiary/aromatic N) is 2. The fourth-order valence-corrected chi connectivity index (χ4v) is 6.26. The number of benzene rings is 2. The molecule has 2 aliphatic rings. The Hall–Kier alpha value is -1.79. The number of nitrogens with two attached hydrogens (primary N) is 1. The molecule has 186 valence electrons. The van der Waals surface area contributed by atoms with Crippen LogP contribution in [0.3, 0.4) is 0 Å². The van der Waals surface area contributed by atoms with Crippen molar-refractivity contribution in [2.75, 3.05) is 19.6 Å². The van der Waals surface area contributed by atoms with Gasteiger partial charge in [0.25, 0.3) is 0 Å². The van der Waals surface area contributed by atoms with Crippen LogP contribution in [0.2, 0.25) is 0 Å². The van der Waals surface area contributed by atoms with Crippen LogP contribution in [0.15, 0.2) is 53.3 Å². The first-order valence-electron chi connectivity index (χ1n) is 12.4. The first-order chi connectivity index (χ1) is 15.7. The molecule has 34 heavy (non-hydrogen) atoms. The van der Waals surface area contributed by atoms with E-state index in [1.807, 2.05) is 4.57 Å². The van der Waals surface area contributed by atoms with Crippen LogP contribution in [0.1, 0.15) is 68.5 Å². The molecule has 1 aromatic heterocycles. The number of aromatic nitrogens is 2. The minimum Gasteiger partial charge on any atom is -0.330 e. The summed E-state index contributed by atoms with van der Waals surface area (Å²) in [6.07, 6.45) is 10.7. The molecule has 0 atom stereocenters. The Morgan fingerprint density at radius 3 is 2.26 bits per heavy atom. The first-order valence-corrected chi connectivity index (χ1v) is 12.4. The fraction of sp³-hybridized carbons (Fsp3) is 0.519. The Balaban J connectivity index is 0.00000162. The van der Waals surface area contributed by atoms with E-state index in [0.717, 1.165) is 43.4 Å². The van der Waals surface area contributed by atoms with Gasteiger partial charge in [0.05, 0.1) is 11.0 Å². The summed E-state index contributed by atoms with van der Waals surface area (Å²) in [5.74, 6) is 0. The van der Waals surface area contributed by atoms with Crippen molar-refractivity contribution in [3.05, 3.63) is 70.1 Å². The Bertz CT molecular complexity index is 1090.